The van der Waals surface area contributed by atoms with E-state index in [4.69, 9.17) is 23.4 Å². The number of rotatable bonds is 28. The van der Waals surface area contributed by atoms with Crippen LogP contribution in [0.1, 0.15) is 137 Å². The van der Waals surface area contributed by atoms with Gasteiger partial charge in [-0.05, 0) is 132 Å². The Kier molecular flexibility index (Phi) is 33.5. The third-order valence-electron chi connectivity index (χ3n) is 23.4. The first-order chi connectivity index (χ1) is 62.3. The molecule has 28 nitrogen and oxygen atoms in total. The normalized spacial score (nSPS) is 18.1. The highest BCUT2D eigenvalue weighted by Crippen LogP contribution is 2.38. The third-order valence-corrected chi connectivity index (χ3v) is 23.4. The standard InChI is InChI=1S/C23H32FN5O2.2C22H27F4N5O2.C22H26F4N4O3/c1-17(2)31-22-13-18(24)6-7-21(22)28-11-9-27(10-12-28)15-19-14-20(26-25-19)16-29-8-4-3-5-23(29)30;2*23-16-4-5-19(20(11-16)33-15-22(24,25)26)30-9-7-29(8-10-30)13-17-12-18(28-27-17)14-31-6-2-1-3-21(31)32;23-16-4-5-18(19(11-16)32-15-22(24,25)26)29-9-7-28(8-10-29)14-20-27-12-17(33-20)13-30-6-2-1-3-21(30)31/h6-7,13-14,17H,3-5,8-12,15-16H2,1-2H3,(H,25,26);2*4-5,11-12H,1-3,6-10,13-15H2,(H,27,28);4-5,11-12H,1-3,6-10,13-15H2. The van der Waals surface area contributed by atoms with Crippen LogP contribution in [-0.4, -0.2) is 274 Å². The number of hydrogen-bond acceptors (Lipinski definition) is 21. The number of benzene rings is 4. The molecule has 8 aromatic rings. The van der Waals surface area contributed by atoms with Gasteiger partial charge in [-0.15, -0.1) is 0 Å². The van der Waals surface area contributed by atoms with E-state index in [-0.39, 0.29) is 52.8 Å². The molecule has 8 saturated heterocycles. The Balaban J connectivity index is 0.000000148. The van der Waals surface area contributed by atoms with Crippen LogP contribution in [0.2, 0.25) is 0 Å². The summed E-state index contributed by atoms with van der Waals surface area (Å²) in [5, 5.41) is 22.3. The first kappa shape index (κ1) is 96.5. The summed E-state index contributed by atoms with van der Waals surface area (Å²) in [4.78, 5) is 76.5. The van der Waals surface area contributed by atoms with E-state index in [1.54, 1.807) is 11.1 Å². The molecular formula is C89H112F13N19O9. The Hall–Kier alpha value is -11.1. The first-order valence-electron chi connectivity index (χ1n) is 44.2. The van der Waals surface area contributed by atoms with Gasteiger partial charge in [0.15, 0.2) is 19.8 Å². The fourth-order valence-electron chi connectivity index (χ4n) is 16.8. The second-order valence-corrected chi connectivity index (χ2v) is 33.8. The number of carbonyl (C=O) groups excluding carboxylic acids is 4. The van der Waals surface area contributed by atoms with Gasteiger partial charge in [0.2, 0.25) is 29.5 Å². The number of aromatic nitrogens is 7. The lowest BCUT2D eigenvalue weighted by atomic mass is 10.1. The number of oxazole rings is 1. The van der Waals surface area contributed by atoms with E-state index in [1.807, 2.05) is 61.4 Å². The molecule has 0 radical (unpaired) electrons. The van der Waals surface area contributed by atoms with Crippen LogP contribution in [0.3, 0.4) is 0 Å². The molecule has 12 heterocycles. The first-order valence-corrected chi connectivity index (χ1v) is 44.2. The molecule has 130 heavy (non-hydrogen) atoms. The molecule has 4 aromatic heterocycles. The zero-order chi connectivity index (χ0) is 92.1. The zero-order valence-electron chi connectivity index (χ0n) is 73.0. The number of piperidine rings is 4. The number of carbonyl (C=O) groups is 4. The van der Waals surface area contributed by atoms with E-state index >= 15 is 0 Å². The van der Waals surface area contributed by atoms with Crippen LogP contribution in [0, 0.1) is 23.3 Å². The minimum atomic E-state index is -4.50. The number of alkyl halides is 9. The molecule has 708 valence electrons. The van der Waals surface area contributed by atoms with Crippen LogP contribution < -0.4 is 38.5 Å². The van der Waals surface area contributed by atoms with E-state index in [2.05, 4.69) is 66.1 Å². The molecule has 8 fully saturated rings. The summed E-state index contributed by atoms with van der Waals surface area (Å²) < 4.78 is 194. The molecule has 4 amide bonds. The molecule has 4 aromatic carbocycles. The predicted octanol–water partition coefficient (Wildman–Crippen LogP) is 13.4. The van der Waals surface area contributed by atoms with Crippen molar-refractivity contribution >= 4 is 46.4 Å². The average Bonchev–Trinajstić information content (AvgIpc) is 0.955. The Morgan fingerprint density at radius 3 is 0.908 bits per heavy atom. The molecule has 0 spiro atoms. The van der Waals surface area contributed by atoms with E-state index < -0.39 is 55.8 Å². The quantitative estimate of drug-likeness (QED) is 0.0385. The second-order valence-electron chi connectivity index (χ2n) is 33.8. The lowest BCUT2D eigenvalue weighted by molar-refractivity contribution is -0.154. The highest BCUT2D eigenvalue weighted by molar-refractivity contribution is 5.78. The number of ether oxygens (including phenoxy) is 4. The van der Waals surface area contributed by atoms with E-state index in [9.17, 15) is 76.3 Å². The van der Waals surface area contributed by atoms with Gasteiger partial charge in [-0.25, -0.2) is 22.5 Å². The maximum Gasteiger partial charge on any atom is 0.422 e. The smallest absolute Gasteiger partial charge is 0.422 e. The van der Waals surface area contributed by atoms with Crippen LogP contribution in [0.15, 0.2) is 102 Å². The van der Waals surface area contributed by atoms with E-state index in [0.717, 1.165) is 168 Å². The Labute approximate surface area is 745 Å². The Morgan fingerprint density at radius 2 is 0.623 bits per heavy atom. The van der Waals surface area contributed by atoms with Crippen molar-refractivity contribution < 1.29 is 99.6 Å². The maximum atomic E-state index is 13.7. The van der Waals surface area contributed by atoms with Gasteiger partial charge in [0.25, 0.3) is 0 Å². The fraction of sp³-hybridized carbons (Fsp3) is 0.551. The highest BCUT2D eigenvalue weighted by atomic mass is 19.4. The molecule has 0 bridgehead atoms. The molecule has 0 saturated carbocycles. The third kappa shape index (κ3) is 29.5. The molecule has 0 unspecified atom stereocenters. The van der Waals surface area contributed by atoms with Crippen LogP contribution in [-0.2, 0) is 71.5 Å². The summed E-state index contributed by atoms with van der Waals surface area (Å²) in [5.74, 6) is -0.0245. The van der Waals surface area contributed by atoms with Crippen molar-refractivity contribution in [1.82, 2.24) is 74.8 Å². The van der Waals surface area contributed by atoms with E-state index in [0.29, 0.717) is 184 Å². The number of amides is 4. The number of hydrogen-bond donors (Lipinski definition) is 3. The molecular weight excluding hydrogens is 1730 g/mol. The number of H-pyrrole nitrogens is 3. The van der Waals surface area contributed by atoms with Crippen LogP contribution >= 0.6 is 0 Å². The molecule has 3 N–H and O–H groups in total. The van der Waals surface area contributed by atoms with Crippen molar-refractivity contribution in [3.8, 4) is 23.0 Å². The largest absolute Gasteiger partial charge is 0.489 e. The number of likely N-dealkylation sites (tertiary alicyclic amines) is 4. The molecule has 8 aliphatic heterocycles. The van der Waals surface area contributed by atoms with Gasteiger partial charge in [-0.2, -0.15) is 54.8 Å². The van der Waals surface area contributed by atoms with Gasteiger partial charge in [0.05, 0.1) is 102 Å². The molecule has 41 heteroatoms. The molecule has 8 aliphatic rings. The van der Waals surface area contributed by atoms with Gasteiger partial charge in [0, 0.05) is 200 Å². The Bertz CT molecular complexity index is 4610. The molecule has 0 aliphatic carbocycles. The van der Waals surface area contributed by atoms with Crippen molar-refractivity contribution in [2.75, 3.05) is 170 Å². The summed E-state index contributed by atoms with van der Waals surface area (Å²) in [6, 6.07) is 21.8. The monoisotopic (exact) mass is 1840 g/mol. The number of halogens is 13. The Morgan fingerprint density at radius 1 is 0.346 bits per heavy atom. The number of nitrogens with zero attached hydrogens (tertiary/aromatic N) is 16. The van der Waals surface area contributed by atoms with E-state index in [1.165, 1.54) is 48.5 Å². The minimum Gasteiger partial charge on any atom is -0.489 e. The van der Waals surface area contributed by atoms with Gasteiger partial charge < -0.3 is 62.6 Å². The van der Waals surface area contributed by atoms with Crippen molar-refractivity contribution in [2.24, 2.45) is 0 Å². The lowest BCUT2D eigenvalue weighted by Crippen LogP contribution is -2.46. The molecule has 16 rings (SSSR count). The van der Waals surface area contributed by atoms with Gasteiger partial charge in [-0.1, -0.05) is 0 Å². The average molecular weight is 1840 g/mol. The highest BCUT2D eigenvalue weighted by Gasteiger charge is 2.35. The van der Waals surface area contributed by atoms with Gasteiger partial charge in [-0.3, -0.25) is 54.1 Å². The zero-order valence-corrected chi connectivity index (χ0v) is 73.0. The summed E-state index contributed by atoms with van der Waals surface area (Å²) in [6.45, 7) is 17.9. The lowest BCUT2D eigenvalue weighted by Gasteiger charge is -2.36. The second kappa shape index (κ2) is 45.2. The number of piperazine rings is 4. The van der Waals surface area contributed by atoms with Crippen LogP contribution in [0.4, 0.5) is 79.8 Å². The predicted molar refractivity (Wildman–Crippen MR) is 455 cm³/mol. The SMILES string of the molecule is CC(C)Oc1cc(F)ccc1N1CCN(Cc2cc(CN3CCCCC3=O)[nH]n2)CC1.O=C1CCCCN1Cc1cc(CN2CCN(c3ccc(F)cc3OCC(F)(F)F)CC2)n[nH]1.O=C1CCCCN1Cc1cc(CN2CCN(c3ccc(F)cc3OCC(F)(F)F)CC2)n[nH]1.O=C1CCCCN1Cc1cnc(CN2CCN(c3ccc(F)cc3OCC(F)(F)F)CC2)o1. The minimum absolute atomic E-state index is 0.00377. The van der Waals surface area contributed by atoms with Crippen molar-refractivity contribution in [3.05, 3.63) is 166 Å². The van der Waals surface area contributed by atoms with Crippen molar-refractivity contribution in [1.29, 1.82) is 0 Å². The maximum absolute atomic E-state index is 13.7. The van der Waals surface area contributed by atoms with Gasteiger partial charge in [0.1, 0.15) is 52.0 Å². The summed E-state index contributed by atoms with van der Waals surface area (Å²) in [7, 11) is 0. The van der Waals surface area contributed by atoms with Crippen molar-refractivity contribution in [2.45, 2.75) is 168 Å². The van der Waals surface area contributed by atoms with Crippen LogP contribution in [0.5, 0.6) is 23.0 Å². The van der Waals surface area contributed by atoms with Crippen molar-refractivity contribution in [3.63, 3.8) is 0 Å². The summed E-state index contributed by atoms with van der Waals surface area (Å²) in [5.41, 5.74) is 7.82. The topological polar surface area (TPSA) is 256 Å². The number of anilines is 4. The number of nitrogens with one attached hydrogen (secondary N) is 3. The summed E-state index contributed by atoms with van der Waals surface area (Å²) in [6.07, 6.45) is -1.48. The number of aromatic amines is 3. The fourth-order valence-corrected chi connectivity index (χ4v) is 16.8. The van der Waals surface area contributed by atoms with Crippen LogP contribution in [0.25, 0.3) is 0 Å². The van der Waals surface area contributed by atoms with Gasteiger partial charge >= 0.3 is 18.5 Å². The molecule has 0 atom stereocenters. The summed E-state index contributed by atoms with van der Waals surface area (Å²) >= 11 is 0.